The maximum Gasteiger partial charge on any atom is 0.0839 e. The second-order valence-electron chi connectivity index (χ2n) is 4.40. The molecule has 1 rings (SSSR count). The van der Waals surface area contributed by atoms with E-state index in [4.69, 9.17) is 5.11 Å². The average Bonchev–Trinajstić information content (AvgIpc) is 2.35. The van der Waals surface area contributed by atoms with Crippen LogP contribution in [0.3, 0.4) is 0 Å². The number of benzene rings is 1. The van der Waals surface area contributed by atoms with Crippen molar-refractivity contribution in [2.24, 2.45) is 0 Å². The maximum absolute atomic E-state index is 9.24. The maximum atomic E-state index is 9.24. The molecule has 0 heterocycles. The van der Waals surface area contributed by atoms with Crippen LogP contribution in [-0.2, 0) is 0 Å². The van der Waals surface area contributed by atoms with Gasteiger partial charge < -0.3 is 5.11 Å². The summed E-state index contributed by atoms with van der Waals surface area (Å²) in [5, 5.41) is 18.3. The van der Waals surface area contributed by atoms with Crippen molar-refractivity contribution in [3.05, 3.63) is 35.9 Å². The van der Waals surface area contributed by atoms with Gasteiger partial charge in [0.15, 0.2) is 0 Å². The largest absolute Gasteiger partial charge is 0.395 e. The second kappa shape index (κ2) is 7.05. The van der Waals surface area contributed by atoms with Crippen LogP contribution in [0.5, 0.6) is 0 Å². The predicted octanol–water partition coefficient (Wildman–Crippen LogP) is 2.00. The highest BCUT2D eigenvalue weighted by atomic mass is 16.3. The molecule has 0 amide bonds. The van der Waals surface area contributed by atoms with Crippen LogP contribution in [0, 0.1) is 11.3 Å². The Kier molecular flexibility index (Phi) is 5.68. The van der Waals surface area contributed by atoms with Crippen molar-refractivity contribution >= 4 is 0 Å². The minimum Gasteiger partial charge on any atom is -0.395 e. The zero-order valence-electron chi connectivity index (χ0n) is 10.5. The fourth-order valence-corrected chi connectivity index (χ4v) is 1.83. The third-order valence-electron chi connectivity index (χ3n) is 2.89. The lowest BCUT2D eigenvalue weighted by atomic mass is 9.99. The van der Waals surface area contributed by atoms with Crippen LogP contribution < -0.4 is 0 Å². The molecule has 1 aromatic rings. The smallest absolute Gasteiger partial charge is 0.0839 e. The summed E-state index contributed by atoms with van der Waals surface area (Å²) < 4.78 is 0. The molecule has 1 unspecified atom stereocenters. The van der Waals surface area contributed by atoms with Gasteiger partial charge in [-0.2, -0.15) is 5.26 Å². The number of rotatable bonds is 6. The molecule has 0 aromatic heterocycles. The van der Waals surface area contributed by atoms with Crippen LogP contribution >= 0.6 is 0 Å². The summed E-state index contributed by atoms with van der Waals surface area (Å²) in [5.74, 6) is -0.134. The zero-order chi connectivity index (χ0) is 12.7. The lowest BCUT2D eigenvalue weighted by Crippen LogP contribution is -2.36. The highest BCUT2D eigenvalue weighted by Crippen LogP contribution is 2.17. The van der Waals surface area contributed by atoms with Gasteiger partial charge in [-0.1, -0.05) is 30.3 Å². The monoisotopic (exact) mass is 232 g/mol. The minimum absolute atomic E-state index is 0.130. The SMILES string of the molecule is CC(C)N(CCO)CC(C#N)c1ccccc1. The van der Waals surface area contributed by atoms with E-state index in [0.29, 0.717) is 19.1 Å². The molecule has 0 aliphatic carbocycles. The van der Waals surface area contributed by atoms with Crippen LogP contribution in [0.1, 0.15) is 25.3 Å². The Hall–Kier alpha value is -1.37. The molecule has 1 atom stereocenters. The van der Waals surface area contributed by atoms with E-state index in [1.54, 1.807) is 0 Å². The fourth-order valence-electron chi connectivity index (χ4n) is 1.83. The summed E-state index contributed by atoms with van der Waals surface area (Å²) in [4.78, 5) is 2.13. The van der Waals surface area contributed by atoms with Crippen molar-refractivity contribution in [1.29, 1.82) is 5.26 Å². The molecule has 3 nitrogen and oxygen atoms in total. The van der Waals surface area contributed by atoms with Gasteiger partial charge in [0.25, 0.3) is 0 Å². The van der Waals surface area contributed by atoms with Gasteiger partial charge in [0.1, 0.15) is 0 Å². The minimum atomic E-state index is -0.134. The molecule has 0 aliphatic rings. The van der Waals surface area contributed by atoms with Gasteiger partial charge in [0.05, 0.1) is 18.6 Å². The van der Waals surface area contributed by atoms with Crippen LogP contribution in [0.2, 0.25) is 0 Å². The molecular formula is C14H20N2O. The third kappa shape index (κ3) is 4.18. The van der Waals surface area contributed by atoms with Crippen molar-refractivity contribution in [3.63, 3.8) is 0 Å². The predicted molar refractivity (Wildman–Crippen MR) is 68.6 cm³/mol. The first kappa shape index (κ1) is 13.7. The number of nitrogens with zero attached hydrogens (tertiary/aromatic N) is 2. The van der Waals surface area contributed by atoms with Gasteiger partial charge in [-0.25, -0.2) is 0 Å². The Balaban J connectivity index is 2.73. The summed E-state index contributed by atoms with van der Waals surface area (Å²) in [6, 6.07) is 12.5. The lowest BCUT2D eigenvalue weighted by Gasteiger charge is -2.27. The molecule has 0 saturated carbocycles. The highest BCUT2D eigenvalue weighted by molar-refractivity contribution is 5.25. The molecule has 3 heteroatoms. The normalized spacial score (nSPS) is 12.7. The topological polar surface area (TPSA) is 47.3 Å². The standard InChI is InChI=1S/C14H20N2O/c1-12(2)16(8-9-17)11-14(10-15)13-6-4-3-5-7-13/h3-7,12,14,17H,8-9,11H2,1-2H3. The van der Waals surface area contributed by atoms with E-state index >= 15 is 0 Å². The highest BCUT2D eigenvalue weighted by Gasteiger charge is 2.17. The molecule has 92 valence electrons. The van der Waals surface area contributed by atoms with Crippen molar-refractivity contribution < 1.29 is 5.11 Å². The first-order chi connectivity index (χ1) is 8.19. The second-order valence-corrected chi connectivity index (χ2v) is 4.40. The molecule has 1 aromatic carbocycles. The Labute approximate surface area is 103 Å². The van der Waals surface area contributed by atoms with Gasteiger partial charge in [-0.05, 0) is 19.4 Å². The molecule has 0 fully saturated rings. The first-order valence-electron chi connectivity index (χ1n) is 5.98. The van der Waals surface area contributed by atoms with E-state index < -0.39 is 0 Å². The quantitative estimate of drug-likeness (QED) is 0.816. The van der Waals surface area contributed by atoms with E-state index in [0.717, 1.165) is 5.56 Å². The number of hydrogen-bond donors (Lipinski definition) is 1. The Morgan fingerprint density at radius 3 is 2.41 bits per heavy atom. The summed E-state index contributed by atoms with van der Waals surface area (Å²) in [5.41, 5.74) is 1.04. The zero-order valence-corrected chi connectivity index (χ0v) is 10.5. The van der Waals surface area contributed by atoms with Crippen LogP contribution in [0.15, 0.2) is 30.3 Å². The molecule has 0 bridgehead atoms. The summed E-state index contributed by atoms with van der Waals surface area (Å²) >= 11 is 0. The molecule has 1 N–H and O–H groups in total. The first-order valence-corrected chi connectivity index (χ1v) is 5.98. The van der Waals surface area contributed by atoms with E-state index in [1.807, 2.05) is 30.3 Å². The van der Waals surface area contributed by atoms with Crippen molar-refractivity contribution in [1.82, 2.24) is 4.90 Å². The van der Waals surface area contributed by atoms with Gasteiger partial charge in [-0.3, -0.25) is 4.90 Å². The van der Waals surface area contributed by atoms with Crippen LogP contribution in [-0.4, -0.2) is 35.7 Å². The van der Waals surface area contributed by atoms with Crippen molar-refractivity contribution in [2.45, 2.75) is 25.8 Å². The molecule has 17 heavy (non-hydrogen) atoms. The average molecular weight is 232 g/mol. The summed E-state index contributed by atoms with van der Waals surface area (Å²) in [6.45, 7) is 5.57. The lowest BCUT2D eigenvalue weighted by molar-refractivity contribution is 0.163. The molecule has 0 spiro atoms. The Morgan fingerprint density at radius 1 is 1.29 bits per heavy atom. The molecule has 0 aliphatic heterocycles. The van der Waals surface area contributed by atoms with E-state index in [-0.39, 0.29) is 12.5 Å². The number of aliphatic hydroxyl groups excluding tert-OH is 1. The molecule has 0 radical (unpaired) electrons. The van der Waals surface area contributed by atoms with Crippen molar-refractivity contribution in [3.8, 4) is 6.07 Å². The fraction of sp³-hybridized carbons (Fsp3) is 0.500. The number of nitriles is 1. The van der Waals surface area contributed by atoms with Gasteiger partial charge in [0.2, 0.25) is 0 Å². The number of aliphatic hydroxyl groups is 1. The molecule has 0 saturated heterocycles. The van der Waals surface area contributed by atoms with E-state index in [2.05, 4.69) is 24.8 Å². The molecular weight excluding hydrogens is 212 g/mol. The third-order valence-corrected chi connectivity index (χ3v) is 2.89. The van der Waals surface area contributed by atoms with Gasteiger partial charge >= 0.3 is 0 Å². The van der Waals surface area contributed by atoms with E-state index in [1.165, 1.54) is 0 Å². The van der Waals surface area contributed by atoms with Crippen molar-refractivity contribution in [2.75, 3.05) is 19.7 Å². The van der Waals surface area contributed by atoms with Crippen LogP contribution in [0.4, 0.5) is 0 Å². The number of hydrogen-bond acceptors (Lipinski definition) is 3. The van der Waals surface area contributed by atoms with Gasteiger partial charge in [0, 0.05) is 19.1 Å². The Morgan fingerprint density at radius 2 is 1.94 bits per heavy atom. The van der Waals surface area contributed by atoms with Crippen LogP contribution in [0.25, 0.3) is 0 Å². The summed E-state index contributed by atoms with van der Waals surface area (Å²) in [6.07, 6.45) is 0. The van der Waals surface area contributed by atoms with E-state index in [9.17, 15) is 5.26 Å². The Bertz CT molecular complexity index is 356. The summed E-state index contributed by atoms with van der Waals surface area (Å²) in [7, 11) is 0. The van der Waals surface area contributed by atoms with Gasteiger partial charge in [-0.15, -0.1) is 0 Å².